The summed E-state index contributed by atoms with van der Waals surface area (Å²) in [5.74, 6) is -0.986. The summed E-state index contributed by atoms with van der Waals surface area (Å²) >= 11 is 0. The maximum atomic E-state index is 11.7. The molecule has 0 aliphatic heterocycles. The molecule has 0 aliphatic rings. The molecular weight excluding hydrogens is 244 g/mol. The van der Waals surface area contributed by atoms with Crippen molar-refractivity contribution in [3.8, 4) is 0 Å². The number of carbonyl (C=O) groups excluding carboxylic acids is 1. The lowest BCUT2D eigenvalue weighted by molar-refractivity contribution is -0.131. The van der Waals surface area contributed by atoms with Crippen molar-refractivity contribution in [1.82, 2.24) is 4.90 Å². The topological polar surface area (TPSA) is 69.6 Å². The molecule has 19 heavy (non-hydrogen) atoms. The van der Waals surface area contributed by atoms with Crippen molar-refractivity contribution >= 4 is 23.8 Å². The Bertz CT molecular complexity index is 509. The van der Waals surface area contributed by atoms with Gasteiger partial charge in [-0.25, -0.2) is 9.59 Å². The van der Waals surface area contributed by atoms with Crippen LogP contribution < -0.4 is 5.32 Å². The second-order valence-electron chi connectivity index (χ2n) is 4.19. The number of carboxylic acid groups (broad SMARTS) is 1. The molecule has 0 saturated heterocycles. The van der Waals surface area contributed by atoms with E-state index >= 15 is 0 Å². The van der Waals surface area contributed by atoms with Crippen molar-refractivity contribution in [3.63, 3.8) is 0 Å². The number of carboxylic acids is 1. The van der Waals surface area contributed by atoms with E-state index in [0.29, 0.717) is 6.54 Å². The number of benzene rings is 1. The van der Waals surface area contributed by atoms with Gasteiger partial charge in [0, 0.05) is 25.4 Å². The number of amides is 2. The van der Waals surface area contributed by atoms with E-state index in [9.17, 15) is 9.59 Å². The van der Waals surface area contributed by atoms with Gasteiger partial charge in [-0.2, -0.15) is 0 Å². The minimum Gasteiger partial charge on any atom is -0.478 e. The third kappa shape index (κ3) is 4.46. The molecule has 0 unspecified atom stereocenters. The largest absolute Gasteiger partial charge is 0.478 e. The second-order valence-corrected chi connectivity index (χ2v) is 4.19. The van der Waals surface area contributed by atoms with Crippen LogP contribution in [-0.4, -0.2) is 35.6 Å². The fourth-order valence-corrected chi connectivity index (χ4v) is 1.45. The van der Waals surface area contributed by atoms with E-state index in [1.807, 2.05) is 19.9 Å². The Hall–Kier alpha value is -2.30. The molecule has 2 N–H and O–H groups in total. The summed E-state index contributed by atoms with van der Waals surface area (Å²) in [6.07, 6.45) is 2.59. The van der Waals surface area contributed by atoms with Crippen LogP contribution in [0.5, 0.6) is 0 Å². The van der Waals surface area contributed by atoms with Crippen LogP contribution in [0.1, 0.15) is 18.1 Å². The number of carbonyl (C=O) groups is 2. The third-order valence-corrected chi connectivity index (χ3v) is 2.73. The van der Waals surface area contributed by atoms with Crippen LogP contribution in [0, 0.1) is 6.92 Å². The Morgan fingerprint density at radius 3 is 2.63 bits per heavy atom. The van der Waals surface area contributed by atoms with E-state index in [0.717, 1.165) is 22.9 Å². The number of nitrogens with zero attached hydrogens (tertiary/aromatic N) is 1. The number of rotatable bonds is 4. The van der Waals surface area contributed by atoms with Gasteiger partial charge in [-0.1, -0.05) is 6.07 Å². The average molecular weight is 262 g/mol. The SMILES string of the molecule is CCN(C)C(=O)Nc1ccc(C=CC(=O)O)cc1C. The summed E-state index contributed by atoms with van der Waals surface area (Å²) in [5, 5.41) is 11.4. The lowest BCUT2D eigenvalue weighted by atomic mass is 10.1. The van der Waals surface area contributed by atoms with E-state index in [-0.39, 0.29) is 6.03 Å². The Kier molecular flexibility index (Phi) is 5.11. The molecule has 1 rings (SSSR count). The number of urea groups is 1. The van der Waals surface area contributed by atoms with Gasteiger partial charge in [-0.05, 0) is 43.2 Å². The van der Waals surface area contributed by atoms with Crippen LogP contribution in [-0.2, 0) is 4.79 Å². The first kappa shape index (κ1) is 14.8. The number of hydrogen-bond donors (Lipinski definition) is 2. The highest BCUT2D eigenvalue weighted by atomic mass is 16.4. The third-order valence-electron chi connectivity index (χ3n) is 2.73. The molecule has 1 aromatic rings. The highest BCUT2D eigenvalue weighted by molar-refractivity contribution is 5.90. The first-order chi connectivity index (χ1) is 8.93. The fourth-order valence-electron chi connectivity index (χ4n) is 1.45. The zero-order valence-electron chi connectivity index (χ0n) is 11.3. The number of anilines is 1. The van der Waals surface area contributed by atoms with Crippen molar-refractivity contribution < 1.29 is 14.7 Å². The molecule has 2 amide bonds. The van der Waals surface area contributed by atoms with Crippen molar-refractivity contribution in [2.24, 2.45) is 0 Å². The molecule has 102 valence electrons. The Labute approximate surface area is 112 Å². The normalized spacial score (nSPS) is 10.5. The molecule has 0 atom stereocenters. The number of nitrogens with one attached hydrogen (secondary N) is 1. The summed E-state index contributed by atoms with van der Waals surface area (Å²) in [6.45, 7) is 4.39. The molecule has 5 nitrogen and oxygen atoms in total. The van der Waals surface area contributed by atoms with Crippen LogP contribution in [0.2, 0.25) is 0 Å². The summed E-state index contributed by atoms with van der Waals surface area (Å²) in [6, 6.07) is 5.17. The molecule has 0 spiro atoms. The lowest BCUT2D eigenvalue weighted by Gasteiger charge is -2.16. The predicted octanol–water partition coefficient (Wildman–Crippen LogP) is 2.58. The average Bonchev–Trinajstić information content (AvgIpc) is 2.38. The maximum absolute atomic E-state index is 11.7. The minimum atomic E-state index is -0.986. The summed E-state index contributed by atoms with van der Waals surface area (Å²) < 4.78 is 0. The quantitative estimate of drug-likeness (QED) is 0.819. The zero-order chi connectivity index (χ0) is 14.4. The Morgan fingerprint density at radius 1 is 1.42 bits per heavy atom. The summed E-state index contributed by atoms with van der Waals surface area (Å²) in [5.41, 5.74) is 2.38. The van der Waals surface area contributed by atoms with Gasteiger partial charge in [0.05, 0.1) is 0 Å². The summed E-state index contributed by atoms with van der Waals surface area (Å²) in [7, 11) is 1.72. The number of hydrogen-bond acceptors (Lipinski definition) is 2. The van der Waals surface area contributed by atoms with Crippen LogP contribution >= 0.6 is 0 Å². The van der Waals surface area contributed by atoms with Gasteiger partial charge >= 0.3 is 12.0 Å². The summed E-state index contributed by atoms with van der Waals surface area (Å²) in [4.78, 5) is 23.7. The van der Waals surface area contributed by atoms with Gasteiger partial charge in [-0.15, -0.1) is 0 Å². The molecule has 0 heterocycles. The van der Waals surface area contributed by atoms with E-state index in [4.69, 9.17) is 5.11 Å². The van der Waals surface area contributed by atoms with E-state index < -0.39 is 5.97 Å². The van der Waals surface area contributed by atoms with Gasteiger partial charge in [0.1, 0.15) is 0 Å². The van der Waals surface area contributed by atoms with Crippen LogP contribution in [0.15, 0.2) is 24.3 Å². The van der Waals surface area contributed by atoms with Crippen molar-refractivity contribution in [3.05, 3.63) is 35.4 Å². The van der Waals surface area contributed by atoms with Gasteiger partial charge in [0.15, 0.2) is 0 Å². The molecule has 0 aromatic heterocycles. The maximum Gasteiger partial charge on any atom is 0.328 e. The molecular formula is C14H18N2O3. The number of aliphatic carboxylic acids is 1. The highest BCUT2D eigenvalue weighted by Crippen LogP contribution is 2.17. The lowest BCUT2D eigenvalue weighted by Crippen LogP contribution is -2.31. The molecule has 0 saturated carbocycles. The minimum absolute atomic E-state index is 0.167. The van der Waals surface area contributed by atoms with Crippen molar-refractivity contribution in [1.29, 1.82) is 0 Å². The smallest absolute Gasteiger partial charge is 0.328 e. The zero-order valence-corrected chi connectivity index (χ0v) is 11.3. The van der Waals surface area contributed by atoms with Crippen LogP contribution in [0.4, 0.5) is 10.5 Å². The van der Waals surface area contributed by atoms with Gasteiger partial charge < -0.3 is 15.3 Å². The predicted molar refractivity (Wildman–Crippen MR) is 75.2 cm³/mol. The van der Waals surface area contributed by atoms with Crippen LogP contribution in [0.3, 0.4) is 0 Å². The second kappa shape index (κ2) is 6.58. The van der Waals surface area contributed by atoms with E-state index in [1.165, 1.54) is 6.08 Å². The first-order valence-corrected chi connectivity index (χ1v) is 5.97. The fraction of sp³-hybridized carbons (Fsp3) is 0.286. The van der Waals surface area contributed by atoms with Crippen molar-refractivity contribution in [2.45, 2.75) is 13.8 Å². The van der Waals surface area contributed by atoms with Crippen LogP contribution in [0.25, 0.3) is 6.08 Å². The first-order valence-electron chi connectivity index (χ1n) is 5.97. The molecule has 0 radical (unpaired) electrons. The van der Waals surface area contributed by atoms with E-state index in [2.05, 4.69) is 5.32 Å². The number of aryl methyl sites for hydroxylation is 1. The molecule has 5 heteroatoms. The van der Waals surface area contributed by atoms with Gasteiger partial charge in [0.2, 0.25) is 0 Å². The van der Waals surface area contributed by atoms with Crippen molar-refractivity contribution in [2.75, 3.05) is 18.9 Å². The van der Waals surface area contributed by atoms with Gasteiger partial charge in [0.25, 0.3) is 0 Å². The Balaban J connectivity index is 2.83. The standard InChI is InChI=1S/C14H18N2O3/c1-4-16(3)14(19)15-12-7-5-11(9-10(12)2)6-8-13(17)18/h5-9H,4H2,1-3H3,(H,15,19)(H,17,18). The van der Waals surface area contributed by atoms with Gasteiger partial charge in [-0.3, -0.25) is 0 Å². The highest BCUT2D eigenvalue weighted by Gasteiger charge is 2.08. The van der Waals surface area contributed by atoms with E-state index in [1.54, 1.807) is 24.1 Å². The molecule has 0 bridgehead atoms. The molecule has 0 aliphatic carbocycles. The molecule has 0 fully saturated rings. The molecule has 1 aromatic carbocycles. The monoisotopic (exact) mass is 262 g/mol. The Morgan fingerprint density at radius 2 is 2.11 bits per heavy atom.